The summed E-state index contributed by atoms with van der Waals surface area (Å²) in [7, 11) is 0. The summed E-state index contributed by atoms with van der Waals surface area (Å²) in [5, 5.41) is 29.4. The van der Waals surface area contributed by atoms with E-state index >= 15 is 0 Å². The van der Waals surface area contributed by atoms with Crippen LogP contribution < -0.4 is 4.90 Å². The van der Waals surface area contributed by atoms with E-state index in [1.54, 1.807) is 0 Å². The summed E-state index contributed by atoms with van der Waals surface area (Å²) in [6, 6.07) is 42.4. The molecule has 9 rings (SSSR count). The summed E-state index contributed by atoms with van der Waals surface area (Å²) in [6.45, 7) is 32.2. The number of nitrogens with zero attached hydrogens (tertiary/aromatic N) is 8. The van der Waals surface area contributed by atoms with Crippen LogP contribution in [0.2, 0.25) is 0 Å². The number of Topliss-reactive ketones (excluding diaryl/α,β-unsaturated/α-hetero) is 1. The van der Waals surface area contributed by atoms with Crippen molar-refractivity contribution in [2.24, 2.45) is 0 Å². The second-order valence-electron chi connectivity index (χ2n) is 26.1. The molecule has 2 heterocycles. The van der Waals surface area contributed by atoms with Crippen molar-refractivity contribution in [2.45, 2.75) is 144 Å². The van der Waals surface area contributed by atoms with Gasteiger partial charge in [-0.15, -0.1) is 10.2 Å². The summed E-state index contributed by atoms with van der Waals surface area (Å²) in [5.74, 6) is -0.179. The molecule has 2 aromatic heterocycles. The molecule has 0 unspecified atom stereocenters. The Labute approximate surface area is 486 Å². The number of anilines is 1. The first-order valence-electron chi connectivity index (χ1n) is 28.8. The predicted molar refractivity (Wildman–Crippen MR) is 329 cm³/mol. The SMILES string of the molecule is CC(C)(C)c1cc(Cn2cc(COCCN(CCOCc3cn(Cc4cc(C(C)(C)C)cc(C(C)(C)C)c4)nn3)c3ccc(C4=C(O)C(=C5C=CC(=[N+](Cc6ccccc6)Cc6ccccc6)C=C5)C4=O)cc3)nn2)cc(C(C)(C)C)c1. The van der Waals surface area contributed by atoms with Gasteiger partial charge >= 0.3 is 0 Å². The van der Waals surface area contributed by atoms with Crippen molar-refractivity contribution in [1.82, 2.24) is 30.0 Å². The summed E-state index contributed by atoms with van der Waals surface area (Å²) in [5.41, 5.74) is 15.5. The number of benzene rings is 5. The molecular weight excluding hydrogens is 1020 g/mol. The highest BCUT2D eigenvalue weighted by Gasteiger charge is 2.37. The fourth-order valence-corrected chi connectivity index (χ4v) is 10.2. The second kappa shape index (κ2) is 24.7. The lowest BCUT2D eigenvalue weighted by molar-refractivity contribution is -0.558. The smallest absolute Gasteiger partial charge is 0.201 e. The normalized spacial score (nSPS) is 14.0. The number of hydrogen-bond acceptors (Lipinski definition) is 9. The molecule has 0 saturated heterocycles. The summed E-state index contributed by atoms with van der Waals surface area (Å²) >= 11 is 0. The third-order valence-electron chi connectivity index (χ3n) is 15.2. The van der Waals surface area contributed by atoms with E-state index in [2.05, 4.69) is 198 Å². The number of allylic oxidation sites excluding steroid dienone is 7. The standard InChI is InChI=1S/C70H82N8O4/c1-67(2,3)55-35-51(36-56(39-55)68(4,5)6)43-77-45-59(71-73-77)47-81-33-31-75(32-34-82-48-60-46-78(74-72-60)44-52-37-57(69(7,8)9)40-58(38-52)70(10,11)12)61-27-23-53(24-28-61)63-65(79)64(66(63)80)54-25-29-62(30-26-54)76(41-49-19-15-13-16-20-49)42-50-21-17-14-18-22-50/h13-30,35-40,45-46H,31-34,41-44,47-48H2,1-12H3/p+1. The first-order chi connectivity index (χ1) is 38.9. The lowest BCUT2D eigenvalue weighted by Gasteiger charge is -2.26. The molecule has 0 spiro atoms. The van der Waals surface area contributed by atoms with Crippen molar-refractivity contribution in [3.63, 3.8) is 0 Å². The van der Waals surface area contributed by atoms with Crippen molar-refractivity contribution in [3.8, 4) is 0 Å². The maximum absolute atomic E-state index is 13.9. The average molecular weight is 1100 g/mol. The second-order valence-corrected chi connectivity index (χ2v) is 26.1. The minimum absolute atomic E-state index is 0.00427. The Hall–Kier alpha value is -7.80. The van der Waals surface area contributed by atoms with Gasteiger partial charge in [-0.3, -0.25) is 4.79 Å². The molecule has 0 radical (unpaired) electrons. The maximum atomic E-state index is 13.9. The first-order valence-corrected chi connectivity index (χ1v) is 28.8. The number of rotatable bonds is 20. The van der Waals surface area contributed by atoms with Gasteiger partial charge in [0, 0.05) is 42.1 Å². The Balaban J connectivity index is 0.874. The number of aliphatic hydroxyl groups is 1. The van der Waals surface area contributed by atoms with Crippen LogP contribution >= 0.6 is 0 Å². The molecule has 0 fully saturated rings. The number of aliphatic hydroxyl groups excluding tert-OH is 1. The zero-order valence-electron chi connectivity index (χ0n) is 50.3. The zero-order valence-corrected chi connectivity index (χ0v) is 50.3. The minimum atomic E-state index is -0.183. The maximum Gasteiger partial charge on any atom is 0.201 e. The van der Waals surface area contributed by atoms with E-state index in [9.17, 15) is 9.90 Å². The van der Waals surface area contributed by atoms with Crippen LogP contribution in [0, 0.1) is 0 Å². The van der Waals surface area contributed by atoms with Crippen LogP contribution in [0.25, 0.3) is 5.57 Å². The van der Waals surface area contributed by atoms with Crippen LogP contribution in [-0.2, 0) is 75.3 Å². The molecule has 2 aliphatic carbocycles. The van der Waals surface area contributed by atoms with Crippen LogP contribution in [0.5, 0.6) is 0 Å². The van der Waals surface area contributed by atoms with Crippen molar-refractivity contribution >= 4 is 22.8 Å². The quantitative estimate of drug-likeness (QED) is 0.0451. The number of ether oxygens (including phenoxy) is 2. The van der Waals surface area contributed by atoms with Gasteiger partial charge in [-0.25, -0.2) is 13.9 Å². The highest BCUT2D eigenvalue weighted by atomic mass is 16.5. The Morgan fingerprint density at radius 3 is 1.32 bits per heavy atom. The number of hydrogen-bond donors (Lipinski definition) is 1. The summed E-state index contributed by atoms with van der Waals surface area (Å²) in [6.07, 6.45) is 11.8. The van der Waals surface area contributed by atoms with Crippen molar-refractivity contribution in [3.05, 3.63) is 236 Å². The predicted octanol–water partition coefficient (Wildman–Crippen LogP) is 13.5. The molecule has 0 aliphatic heterocycles. The van der Waals surface area contributed by atoms with E-state index in [1.165, 1.54) is 44.5 Å². The number of aromatic nitrogens is 6. The van der Waals surface area contributed by atoms with Gasteiger partial charge in [0.2, 0.25) is 11.5 Å². The lowest BCUT2D eigenvalue weighted by atomic mass is 9.79. The van der Waals surface area contributed by atoms with E-state index in [1.807, 2.05) is 82.5 Å². The molecule has 7 aromatic rings. The fourth-order valence-electron chi connectivity index (χ4n) is 10.2. The van der Waals surface area contributed by atoms with Crippen LogP contribution in [0.15, 0.2) is 175 Å². The van der Waals surface area contributed by atoms with Crippen LogP contribution in [0.1, 0.15) is 145 Å². The third-order valence-corrected chi connectivity index (χ3v) is 15.2. The Kier molecular flexibility index (Phi) is 17.8. The number of carbonyl (C=O) groups is 1. The molecule has 426 valence electrons. The van der Waals surface area contributed by atoms with Gasteiger partial charge in [0.15, 0.2) is 13.1 Å². The zero-order chi connectivity index (χ0) is 58.4. The number of carbonyl (C=O) groups excluding carboxylic acids is 1. The van der Waals surface area contributed by atoms with Gasteiger partial charge in [0.05, 0.1) is 63.1 Å². The van der Waals surface area contributed by atoms with Crippen LogP contribution in [0.4, 0.5) is 5.69 Å². The van der Waals surface area contributed by atoms with E-state index in [4.69, 9.17) is 9.47 Å². The monoisotopic (exact) mass is 1100 g/mol. The highest BCUT2D eigenvalue weighted by molar-refractivity contribution is 6.39. The van der Waals surface area contributed by atoms with Gasteiger partial charge in [0.1, 0.15) is 17.1 Å². The molecule has 0 saturated carbocycles. The van der Waals surface area contributed by atoms with Crippen molar-refractivity contribution in [1.29, 1.82) is 0 Å². The van der Waals surface area contributed by atoms with Gasteiger partial charge in [0.25, 0.3) is 0 Å². The highest BCUT2D eigenvalue weighted by Crippen LogP contribution is 2.40. The van der Waals surface area contributed by atoms with Gasteiger partial charge in [-0.2, -0.15) is 0 Å². The minimum Gasteiger partial charge on any atom is -0.506 e. The summed E-state index contributed by atoms with van der Waals surface area (Å²) < 4.78 is 18.6. The lowest BCUT2D eigenvalue weighted by Crippen LogP contribution is -2.31. The van der Waals surface area contributed by atoms with Crippen LogP contribution in [0.3, 0.4) is 0 Å². The first kappa shape index (κ1) is 58.8. The Bertz CT molecular complexity index is 3280. The van der Waals surface area contributed by atoms with E-state index < -0.39 is 0 Å². The van der Waals surface area contributed by atoms with E-state index in [-0.39, 0.29) is 33.2 Å². The molecule has 0 amide bonds. The van der Waals surface area contributed by atoms with Gasteiger partial charge in [-0.1, -0.05) is 203 Å². The third kappa shape index (κ3) is 15.0. The molecule has 12 nitrogen and oxygen atoms in total. The van der Waals surface area contributed by atoms with Gasteiger partial charge in [-0.05, 0) is 90.5 Å². The molecule has 1 N–H and O–H groups in total. The molecule has 82 heavy (non-hydrogen) atoms. The Morgan fingerprint density at radius 2 is 0.927 bits per heavy atom. The largest absolute Gasteiger partial charge is 0.506 e. The fraction of sp³-hybridized carbons (Fsp3) is 0.371. The number of ketones is 1. The molecule has 0 bridgehead atoms. The topological polar surface area (TPSA) is 123 Å². The molecule has 0 atom stereocenters. The molecule has 5 aromatic carbocycles. The summed E-state index contributed by atoms with van der Waals surface area (Å²) in [4.78, 5) is 16.1. The van der Waals surface area contributed by atoms with Crippen molar-refractivity contribution < 1.29 is 24.0 Å². The van der Waals surface area contributed by atoms with E-state index in [0.29, 0.717) is 74.9 Å². The average Bonchev–Trinajstić information content (AvgIpc) is 3.44. The van der Waals surface area contributed by atoms with Crippen LogP contribution in [-0.4, -0.2) is 77.5 Å². The molecule has 12 heteroatoms. The van der Waals surface area contributed by atoms with Gasteiger partial charge < -0.3 is 19.5 Å². The molecular formula is C70H83N8O4+. The van der Waals surface area contributed by atoms with E-state index in [0.717, 1.165) is 35.9 Å². The van der Waals surface area contributed by atoms with Crippen molar-refractivity contribution in [2.75, 3.05) is 31.2 Å². The Morgan fingerprint density at radius 1 is 0.512 bits per heavy atom. The molecule has 2 aliphatic rings.